The molecule has 0 radical (unpaired) electrons. The van der Waals surface area contributed by atoms with E-state index in [1.165, 1.54) is 12.1 Å². The summed E-state index contributed by atoms with van der Waals surface area (Å²) >= 11 is 0. The molecule has 5 nitrogen and oxygen atoms in total. The lowest BCUT2D eigenvalue weighted by atomic mass is 10.3. The third-order valence-corrected chi connectivity index (χ3v) is 2.60. The Morgan fingerprint density at radius 3 is 2.00 bits per heavy atom. The van der Waals surface area contributed by atoms with Crippen molar-refractivity contribution >= 4 is 22.5 Å². The van der Waals surface area contributed by atoms with E-state index >= 15 is 0 Å². The molecule has 0 atom stereocenters. The van der Waals surface area contributed by atoms with Gasteiger partial charge in [-0.25, -0.2) is 8.42 Å². The molecule has 13 heavy (non-hydrogen) atoms. The molecule has 0 aliphatic heterocycles. The van der Waals surface area contributed by atoms with Crippen LogP contribution < -0.4 is 0 Å². The smallest absolute Gasteiger partial charge is 0.258 e. The first kappa shape index (κ1) is 9.72. The second-order valence-electron chi connectivity index (χ2n) is 2.52. The molecule has 0 amide bonds. The van der Waals surface area contributed by atoms with Gasteiger partial charge in [-0.3, -0.25) is 10.1 Å². The van der Waals surface area contributed by atoms with Gasteiger partial charge in [0.15, 0.2) is 0 Å². The van der Waals surface area contributed by atoms with Crippen molar-refractivity contribution in [2.75, 3.05) is 0 Å². The standard InChI is InChI=1S/C6H6BNO4S/c7-13(11,12)6-3-1-5(2-4-6)8(9)10/h1-4H,7H2. The van der Waals surface area contributed by atoms with Crippen LogP contribution in [0.2, 0.25) is 0 Å². The first-order valence-corrected chi connectivity index (χ1v) is 5.25. The number of benzene rings is 1. The maximum absolute atomic E-state index is 10.9. The Kier molecular flexibility index (Phi) is 2.37. The summed E-state index contributed by atoms with van der Waals surface area (Å²) < 4.78 is 21.9. The Hall–Kier alpha value is -1.37. The zero-order chi connectivity index (χ0) is 10.1. The summed E-state index contributed by atoms with van der Waals surface area (Å²) in [7, 11) is -2.22. The van der Waals surface area contributed by atoms with Crippen molar-refractivity contribution in [1.29, 1.82) is 0 Å². The van der Waals surface area contributed by atoms with Crippen LogP contribution in [0.4, 0.5) is 5.69 Å². The molecule has 68 valence electrons. The summed E-state index contributed by atoms with van der Waals surface area (Å²) in [4.78, 5) is 9.72. The minimum Gasteiger partial charge on any atom is -0.258 e. The Bertz CT molecular complexity index is 424. The Morgan fingerprint density at radius 2 is 1.69 bits per heavy atom. The maximum atomic E-state index is 10.9. The van der Waals surface area contributed by atoms with Crippen LogP contribution in [0.15, 0.2) is 29.2 Å². The van der Waals surface area contributed by atoms with Crippen LogP contribution in [-0.4, -0.2) is 20.5 Å². The largest absolute Gasteiger partial charge is 0.269 e. The van der Waals surface area contributed by atoms with E-state index in [-0.39, 0.29) is 10.6 Å². The Balaban J connectivity index is 3.16. The van der Waals surface area contributed by atoms with Crippen molar-refractivity contribution in [1.82, 2.24) is 0 Å². The summed E-state index contributed by atoms with van der Waals surface area (Å²) in [5.41, 5.74) is -0.118. The number of rotatable bonds is 2. The normalized spacial score (nSPS) is 11.1. The van der Waals surface area contributed by atoms with E-state index in [1.807, 2.05) is 0 Å². The highest BCUT2D eigenvalue weighted by Gasteiger charge is 2.09. The maximum Gasteiger partial charge on any atom is 0.269 e. The highest BCUT2D eigenvalue weighted by molar-refractivity contribution is 8.12. The predicted octanol–water partition coefficient (Wildman–Crippen LogP) is -0.0834. The van der Waals surface area contributed by atoms with E-state index in [9.17, 15) is 18.5 Å². The van der Waals surface area contributed by atoms with Crippen LogP contribution >= 0.6 is 0 Å². The molecule has 0 aliphatic rings. The van der Waals surface area contributed by atoms with Crippen molar-refractivity contribution in [3.05, 3.63) is 34.4 Å². The molecule has 1 rings (SSSR count). The predicted molar refractivity (Wildman–Crippen MR) is 48.8 cm³/mol. The minimum atomic E-state index is -3.27. The molecule has 0 N–H and O–H groups in total. The van der Waals surface area contributed by atoms with Gasteiger partial charge in [-0.1, -0.05) is 0 Å². The lowest BCUT2D eigenvalue weighted by molar-refractivity contribution is -0.384. The molecule has 0 aliphatic carbocycles. The van der Waals surface area contributed by atoms with Crippen molar-refractivity contribution in [3.8, 4) is 0 Å². The van der Waals surface area contributed by atoms with Gasteiger partial charge in [-0.2, -0.15) is 0 Å². The van der Waals surface area contributed by atoms with E-state index in [1.54, 1.807) is 0 Å². The van der Waals surface area contributed by atoms with Gasteiger partial charge in [0, 0.05) is 12.1 Å². The number of hydrogen-bond acceptors (Lipinski definition) is 4. The fraction of sp³-hybridized carbons (Fsp3) is 0. The molecule has 7 heteroatoms. The van der Waals surface area contributed by atoms with Crippen molar-refractivity contribution in [2.24, 2.45) is 0 Å². The van der Waals surface area contributed by atoms with Crippen LogP contribution in [0.5, 0.6) is 0 Å². The molecule has 0 aromatic heterocycles. The third kappa shape index (κ3) is 2.28. The number of nitro benzene ring substituents is 1. The fourth-order valence-electron chi connectivity index (χ4n) is 0.815. The molecule has 0 heterocycles. The average molecular weight is 199 g/mol. The molecular weight excluding hydrogens is 193 g/mol. The van der Waals surface area contributed by atoms with Gasteiger partial charge < -0.3 is 0 Å². The second-order valence-corrected chi connectivity index (χ2v) is 4.54. The van der Waals surface area contributed by atoms with Gasteiger partial charge >= 0.3 is 0 Å². The lowest BCUT2D eigenvalue weighted by Gasteiger charge is -1.96. The van der Waals surface area contributed by atoms with Gasteiger partial charge in [-0.05, 0) is 12.1 Å². The van der Waals surface area contributed by atoms with E-state index in [4.69, 9.17) is 0 Å². The van der Waals surface area contributed by atoms with Crippen LogP contribution in [0.25, 0.3) is 0 Å². The monoisotopic (exact) mass is 199 g/mol. The molecule has 0 saturated heterocycles. The Labute approximate surface area is 75.8 Å². The van der Waals surface area contributed by atoms with E-state index in [0.717, 1.165) is 19.3 Å². The lowest BCUT2D eigenvalue weighted by Crippen LogP contribution is -1.98. The first-order chi connectivity index (χ1) is 5.91. The zero-order valence-corrected chi connectivity index (χ0v) is 7.61. The van der Waals surface area contributed by atoms with Gasteiger partial charge in [-0.15, -0.1) is 0 Å². The summed E-state index contributed by atoms with van der Waals surface area (Å²) in [6.07, 6.45) is 0. The second kappa shape index (κ2) is 3.17. The van der Waals surface area contributed by atoms with Crippen molar-refractivity contribution in [3.63, 3.8) is 0 Å². The average Bonchev–Trinajstić information content (AvgIpc) is 2.03. The highest BCUT2D eigenvalue weighted by Crippen LogP contribution is 2.14. The fourth-order valence-corrected chi connectivity index (χ4v) is 1.45. The van der Waals surface area contributed by atoms with Gasteiger partial charge in [0.05, 0.1) is 9.82 Å². The van der Waals surface area contributed by atoms with Crippen molar-refractivity contribution < 1.29 is 13.3 Å². The highest BCUT2D eigenvalue weighted by atomic mass is 32.2. The van der Waals surface area contributed by atoms with E-state index in [0.29, 0.717) is 0 Å². The first-order valence-electron chi connectivity index (χ1n) is 3.36. The number of nitrogens with zero attached hydrogens (tertiary/aromatic N) is 1. The number of non-ortho nitro benzene ring substituents is 1. The van der Waals surface area contributed by atoms with Gasteiger partial charge in [0.2, 0.25) is 0 Å². The summed E-state index contributed by atoms with van der Waals surface area (Å²) in [6, 6.07) is 4.76. The molecule has 0 fully saturated rings. The Morgan fingerprint density at radius 1 is 1.23 bits per heavy atom. The van der Waals surface area contributed by atoms with Gasteiger partial charge in [0.1, 0.15) is 9.69 Å². The summed E-state index contributed by atoms with van der Waals surface area (Å²) in [5.74, 6) is 0. The number of nitro groups is 1. The minimum absolute atomic E-state index is 0.0816. The van der Waals surface area contributed by atoms with Gasteiger partial charge in [0.25, 0.3) is 12.8 Å². The molecule has 0 bridgehead atoms. The molecule has 0 saturated carbocycles. The quantitative estimate of drug-likeness (QED) is 0.379. The molecule has 1 aromatic rings. The topological polar surface area (TPSA) is 77.3 Å². The molecule has 0 unspecified atom stereocenters. The SMILES string of the molecule is BS(=O)(=O)c1ccc([N+](=O)[O-])cc1. The van der Waals surface area contributed by atoms with Crippen LogP contribution in [0, 0.1) is 10.1 Å². The van der Waals surface area contributed by atoms with Crippen LogP contribution in [-0.2, 0) is 9.69 Å². The van der Waals surface area contributed by atoms with Crippen molar-refractivity contribution in [2.45, 2.75) is 4.90 Å². The van der Waals surface area contributed by atoms with E-state index < -0.39 is 14.6 Å². The zero-order valence-electron chi connectivity index (χ0n) is 6.80. The molecule has 1 aromatic carbocycles. The molecule has 0 spiro atoms. The molecular formula is C6H6BNO4S. The van der Waals surface area contributed by atoms with Crippen LogP contribution in [0.3, 0.4) is 0 Å². The summed E-state index contributed by atoms with van der Waals surface area (Å²) in [5, 5.41) is 10.2. The van der Waals surface area contributed by atoms with E-state index in [2.05, 4.69) is 0 Å². The third-order valence-electron chi connectivity index (χ3n) is 1.48. The number of hydrogen-bond donors (Lipinski definition) is 0. The summed E-state index contributed by atoms with van der Waals surface area (Å²) in [6.45, 7) is 0. The van der Waals surface area contributed by atoms with Crippen LogP contribution in [0.1, 0.15) is 0 Å².